The molecule has 0 unspecified atom stereocenters. The maximum absolute atomic E-state index is 5.99. The van der Waals surface area contributed by atoms with Crippen LogP contribution in [0.1, 0.15) is 5.56 Å². The first-order valence-electron chi connectivity index (χ1n) is 3.41. The van der Waals surface area contributed by atoms with E-state index >= 15 is 0 Å². The third-order valence-corrected chi connectivity index (χ3v) is 3.33. The summed E-state index contributed by atoms with van der Waals surface area (Å²) in [5, 5.41) is 9.87. The molecule has 68 valence electrons. The zero-order chi connectivity index (χ0) is 9.42. The van der Waals surface area contributed by atoms with E-state index in [0.29, 0.717) is 10.9 Å². The van der Waals surface area contributed by atoms with Crippen molar-refractivity contribution in [1.29, 1.82) is 0 Å². The molecule has 0 atom stereocenters. The zero-order valence-corrected chi connectivity index (χ0v) is 8.87. The van der Waals surface area contributed by atoms with Gasteiger partial charge in [-0.25, -0.2) is 0 Å². The minimum Gasteiger partial charge on any atom is -0.406 e. The van der Waals surface area contributed by atoms with E-state index in [2.05, 4.69) is 10.2 Å². The van der Waals surface area contributed by atoms with Crippen LogP contribution in [-0.2, 0) is 0 Å². The number of thiophene rings is 1. The van der Waals surface area contributed by atoms with Crippen LogP contribution in [0.4, 0.5) is 0 Å². The Kier molecular flexibility index (Phi) is 2.27. The maximum atomic E-state index is 5.99. The standard InChI is InChI=1S/C7H4Cl2N2OS/c1-3-2-13-5(4(3)8)6-10-11-7(9)12-6/h2H,1H3. The van der Waals surface area contributed by atoms with E-state index < -0.39 is 0 Å². The van der Waals surface area contributed by atoms with Crippen molar-refractivity contribution in [3.63, 3.8) is 0 Å². The first-order chi connectivity index (χ1) is 6.18. The molecule has 0 radical (unpaired) electrons. The SMILES string of the molecule is Cc1csc(-c2nnc(Cl)o2)c1Cl. The number of nitrogens with zero attached hydrogens (tertiary/aromatic N) is 2. The fraction of sp³-hybridized carbons (Fsp3) is 0.143. The highest BCUT2D eigenvalue weighted by Gasteiger charge is 2.14. The normalized spacial score (nSPS) is 10.7. The van der Waals surface area contributed by atoms with Crippen LogP contribution in [0.15, 0.2) is 9.80 Å². The lowest BCUT2D eigenvalue weighted by molar-refractivity contribution is 0.572. The van der Waals surface area contributed by atoms with Crippen molar-refractivity contribution in [2.45, 2.75) is 6.92 Å². The van der Waals surface area contributed by atoms with Crippen LogP contribution in [0.5, 0.6) is 0 Å². The Morgan fingerprint density at radius 3 is 2.62 bits per heavy atom. The van der Waals surface area contributed by atoms with E-state index in [9.17, 15) is 0 Å². The molecule has 6 heteroatoms. The molecule has 0 fully saturated rings. The largest absolute Gasteiger partial charge is 0.406 e. The maximum Gasteiger partial charge on any atom is 0.313 e. The number of aromatic nitrogens is 2. The Balaban J connectivity index is 2.52. The Hall–Kier alpha value is -0.580. The minimum absolute atomic E-state index is 0.0251. The average Bonchev–Trinajstić information content (AvgIpc) is 2.62. The second-order valence-corrected chi connectivity index (χ2v) is 4.00. The first kappa shape index (κ1) is 8.99. The first-order valence-corrected chi connectivity index (χ1v) is 5.05. The van der Waals surface area contributed by atoms with Gasteiger partial charge in [0, 0.05) is 0 Å². The second-order valence-electron chi connectivity index (χ2n) is 2.42. The third-order valence-electron chi connectivity index (χ3n) is 1.49. The zero-order valence-electron chi connectivity index (χ0n) is 6.54. The van der Waals surface area contributed by atoms with E-state index in [0.717, 1.165) is 10.4 Å². The summed E-state index contributed by atoms with van der Waals surface area (Å²) in [5.74, 6) is 0.369. The topological polar surface area (TPSA) is 38.9 Å². The lowest BCUT2D eigenvalue weighted by Gasteiger charge is -1.89. The van der Waals surface area contributed by atoms with E-state index in [4.69, 9.17) is 27.6 Å². The molecule has 0 aliphatic carbocycles. The molecule has 0 aliphatic heterocycles. The minimum atomic E-state index is 0.0251. The van der Waals surface area contributed by atoms with Gasteiger partial charge in [-0.05, 0) is 29.5 Å². The summed E-state index contributed by atoms with van der Waals surface area (Å²) >= 11 is 12.9. The van der Waals surface area contributed by atoms with Gasteiger partial charge in [0.05, 0.1) is 5.02 Å². The van der Waals surface area contributed by atoms with E-state index in [1.165, 1.54) is 11.3 Å². The van der Waals surface area contributed by atoms with Gasteiger partial charge < -0.3 is 4.42 Å². The second kappa shape index (κ2) is 3.29. The Labute approximate surface area is 88.3 Å². The summed E-state index contributed by atoms with van der Waals surface area (Å²) < 4.78 is 5.03. The molecule has 2 aromatic rings. The highest BCUT2D eigenvalue weighted by molar-refractivity contribution is 7.14. The van der Waals surface area contributed by atoms with Crippen molar-refractivity contribution in [2.24, 2.45) is 0 Å². The van der Waals surface area contributed by atoms with Gasteiger partial charge in [0.2, 0.25) is 0 Å². The van der Waals surface area contributed by atoms with Crippen molar-refractivity contribution >= 4 is 34.5 Å². The molecule has 0 aliphatic rings. The summed E-state index contributed by atoms with van der Waals surface area (Å²) in [6.45, 7) is 1.92. The van der Waals surface area contributed by atoms with Crippen LogP contribution in [0.2, 0.25) is 10.4 Å². The summed E-state index contributed by atoms with van der Waals surface area (Å²) in [5.41, 5.74) is 0.996. The number of rotatable bonds is 1. The summed E-state index contributed by atoms with van der Waals surface area (Å²) in [7, 11) is 0. The Bertz CT molecular complexity index is 437. The molecule has 0 saturated heterocycles. The number of aryl methyl sites for hydroxylation is 1. The molecular formula is C7H4Cl2N2OS. The lowest BCUT2D eigenvalue weighted by Crippen LogP contribution is -1.73. The van der Waals surface area contributed by atoms with Gasteiger partial charge in [0.15, 0.2) is 0 Å². The van der Waals surface area contributed by atoms with Gasteiger partial charge in [-0.15, -0.1) is 16.4 Å². The monoisotopic (exact) mass is 234 g/mol. The van der Waals surface area contributed by atoms with Crippen LogP contribution < -0.4 is 0 Å². The van der Waals surface area contributed by atoms with Gasteiger partial charge in [-0.2, -0.15) is 0 Å². The number of hydrogen-bond acceptors (Lipinski definition) is 4. The molecule has 3 nitrogen and oxygen atoms in total. The highest BCUT2D eigenvalue weighted by Crippen LogP contribution is 2.35. The van der Waals surface area contributed by atoms with Gasteiger partial charge in [-0.3, -0.25) is 0 Å². The van der Waals surface area contributed by atoms with Crippen LogP contribution in [0, 0.1) is 6.92 Å². The quantitative estimate of drug-likeness (QED) is 0.760. The van der Waals surface area contributed by atoms with E-state index in [1.807, 2.05) is 12.3 Å². The van der Waals surface area contributed by atoms with Crippen LogP contribution in [0.25, 0.3) is 10.8 Å². The molecule has 2 heterocycles. The van der Waals surface area contributed by atoms with Crippen LogP contribution >= 0.6 is 34.5 Å². The smallest absolute Gasteiger partial charge is 0.313 e. The number of halogens is 2. The van der Waals surface area contributed by atoms with Crippen molar-refractivity contribution in [3.8, 4) is 10.8 Å². The highest BCUT2D eigenvalue weighted by atomic mass is 35.5. The average molecular weight is 235 g/mol. The molecule has 2 rings (SSSR count). The fourth-order valence-corrected chi connectivity index (χ4v) is 2.18. The van der Waals surface area contributed by atoms with E-state index in [1.54, 1.807) is 0 Å². The predicted octanol–water partition coefficient (Wildman–Crippen LogP) is 3.41. The van der Waals surface area contributed by atoms with Crippen molar-refractivity contribution < 1.29 is 4.42 Å². The number of hydrogen-bond donors (Lipinski definition) is 0. The summed E-state index contributed by atoms with van der Waals surface area (Å²) in [6.07, 6.45) is 0. The molecule has 0 spiro atoms. The Morgan fingerprint density at radius 2 is 2.15 bits per heavy atom. The predicted molar refractivity (Wildman–Crippen MR) is 52.4 cm³/mol. The van der Waals surface area contributed by atoms with Crippen molar-refractivity contribution in [2.75, 3.05) is 0 Å². The van der Waals surface area contributed by atoms with E-state index in [-0.39, 0.29) is 5.35 Å². The molecule has 0 amide bonds. The summed E-state index contributed by atoms with van der Waals surface area (Å²) in [4.78, 5) is 0.763. The molecule has 0 bridgehead atoms. The molecule has 0 aromatic carbocycles. The molecule has 13 heavy (non-hydrogen) atoms. The summed E-state index contributed by atoms with van der Waals surface area (Å²) in [6, 6.07) is 0. The third kappa shape index (κ3) is 1.57. The molecule has 0 saturated carbocycles. The van der Waals surface area contributed by atoms with Gasteiger partial charge in [0.25, 0.3) is 5.89 Å². The van der Waals surface area contributed by atoms with Gasteiger partial charge >= 0.3 is 5.35 Å². The van der Waals surface area contributed by atoms with Crippen molar-refractivity contribution in [1.82, 2.24) is 10.2 Å². The van der Waals surface area contributed by atoms with Gasteiger partial charge in [-0.1, -0.05) is 16.7 Å². The molecule has 2 aromatic heterocycles. The van der Waals surface area contributed by atoms with Crippen LogP contribution in [-0.4, -0.2) is 10.2 Å². The van der Waals surface area contributed by atoms with Gasteiger partial charge in [0.1, 0.15) is 4.88 Å². The fourth-order valence-electron chi connectivity index (χ4n) is 0.871. The lowest BCUT2D eigenvalue weighted by atomic mass is 10.3. The Morgan fingerprint density at radius 1 is 1.38 bits per heavy atom. The molecular weight excluding hydrogens is 231 g/mol. The van der Waals surface area contributed by atoms with Crippen molar-refractivity contribution in [3.05, 3.63) is 21.3 Å². The van der Waals surface area contributed by atoms with Crippen LogP contribution in [0.3, 0.4) is 0 Å². The molecule has 0 N–H and O–H groups in total.